The number of allylic oxidation sites excluding steroid dienone is 1. The number of hydrogen-bond donors (Lipinski definition) is 0. The second kappa shape index (κ2) is 8.20. The Morgan fingerprint density at radius 3 is 2.52 bits per heavy atom. The first-order valence-electron chi connectivity index (χ1n) is 6.61. The van der Waals surface area contributed by atoms with Gasteiger partial charge >= 0.3 is 5.97 Å². The smallest absolute Gasteiger partial charge is 0.324 e. The van der Waals surface area contributed by atoms with E-state index in [0.29, 0.717) is 0 Å². The van der Waals surface area contributed by atoms with Crippen molar-refractivity contribution in [3.8, 4) is 0 Å². The van der Waals surface area contributed by atoms with Crippen molar-refractivity contribution in [2.45, 2.75) is 30.5 Å². The van der Waals surface area contributed by atoms with E-state index in [1.165, 1.54) is 0 Å². The van der Waals surface area contributed by atoms with Gasteiger partial charge in [-0.1, -0.05) is 29.8 Å². The minimum atomic E-state index is -3.36. The lowest BCUT2D eigenvalue weighted by Gasteiger charge is -2.09. The number of rotatable bonds is 7. The van der Waals surface area contributed by atoms with Crippen LogP contribution in [0.3, 0.4) is 0 Å². The summed E-state index contributed by atoms with van der Waals surface area (Å²) >= 11 is 5.91. The first-order valence-corrected chi connectivity index (χ1v) is 8.70. The molecule has 1 aromatic rings. The average molecular weight is 331 g/mol. The van der Waals surface area contributed by atoms with Crippen LogP contribution in [0.4, 0.5) is 0 Å². The maximum absolute atomic E-state index is 12.1. The third-order valence-corrected chi connectivity index (χ3v) is 4.73. The van der Waals surface area contributed by atoms with Gasteiger partial charge in [-0.15, -0.1) is 11.6 Å². The van der Waals surface area contributed by atoms with E-state index >= 15 is 0 Å². The average Bonchev–Trinajstić information content (AvgIpc) is 2.46. The second-order valence-electron chi connectivity index (χ2n) is 4.57. The molecule has 0 bridgehead atoms. The molecule has 116 valence electrons. The first-order chi connectivity index (χ1) is 9.86. The van der Waals surface area contributed by atoms with Gasteiger partial charge in [-0.05, 0) is 32.4 Å². The fraction of sp³-hybridized carbons (Fsp3) is 0.400. The predicted molar refractivity (Wildman–Crippen MR) is 83.1 cm³/mol. The fourth-order valence-corrected chi connectivity index (χ4v) is 3.23. The van der Waals surface area contributed by atoms with Gasteiger partial charge in [0.2, 0.25) is 0 Å². The lowest BCUT2D eigenvalue weighted by molar-refractivity contribution is -0.142. The van der Waals surface area contributed by atoms with Crippen molar-refractivity contribution in [3.05, 3.63) is 42.0 Å². The van der Waals surface area contributed by atoms with Gasteiger partial charge in [-0.25, -0.2) is 8.42 Å². The summed E-state index contributed by atoms with van der Waals surface area (Å²) in [5.41, 5.74) is 0.738. The summed E-state index contributed by atoms with van der Waals surface area (Å²) in [4.78, 5) is 11.7. The normalized spacial score (nSPS) is 13.8. The quantitative estimate of drug-likeness (QED) is 0.438. The van der Waals surface area contributed by atoms with Gasteiger partial charge in [-0.3, -0.25) is 4.79 Å². The summed E-state index contributed by atoms with van der Waals surface area (Å²) in [6.07, 6.45) is 1.85. The molecule has 6 heteroatoms. The van der Waals surface area contributed by atoms with E-state index in [1.807, 2.05) is 0 Å². The van der Waals surface area contributed by atoms with Crippen molar-refractivity contribution in [2.75, 3.05) is 12.4 Å². The molecular weight excluding hydrogens is 312 g/mol. The Kier molecular flexibility index (Phi) is 6.92. The van der Waals surface area contributed by atoms with Crippen molar-refractivity contribution < 1.29 is 17.9 Å². The van der Waals surface area contributed by atoms with Crippen LogP contribution >= 0.6 is 11.6 Å². The Labute approximate surface area is 130 Å². The monoisotopic (exact) mass is 330 g/mol. The largest absolute Gasteiger partial charge is 0.465 e. The molecule has 4 nitrogen and oxygen atoms in total. The molecule has 0 amide bonds. The maximum Gasteiger partial charge on any atom is 0.324 e. The number of ether oxygens (including phenoxy) is 1. The molecule has 0 radical (unpaired) electrons. The summed E-state index contributed by atoms with van der Waals surface area (Å²) in [7, 11) is -3.36. The SMILES string of the molecule is CCOC(=O)[C@H](Cl)C/C(C)=C/CS(=O)(=O)c1ccccc1. The van der Waals surface area contributed by atoms with E-state index in [4.69, 9.17) is 16.3 Å². The molecule has 0 spiro atoms. The summed E-state index contributed by atoms with van der Waals surface area (Å²) in [5.74, 6) is -0.604. The Balaban J connectivity index is 2.66. The van der Waals surface area contributed by atoms with Gasteiger partial charge in [0.15, 0.2) is 9.84 Å². The molecular formula is C15H19ClO4S. The van der Waals surface area contributed by atoms with E-state index in [-0.39, 0.29) is 23.7 Å². The molecule has 0 N–H and O–H groups in total. The molecule has 0 aromatic heterocycles. The topological polar surface area (TPSA) is 60.4 Å². The molecule has 0 saturated carbocycles. The molecule has 1 atom stereocenters. The van der Waals surface area contributed by atoms with Crippen molar-refractivity contribution >= 4 is 27.4 Å². The van der Waals surface area contributed by atoms with Crippen LogP contribution in [0, 0.1) is 0 Å². The van der Waals surface area contributed by atoms with Crippen molar-refractivity contribution in [1.82, 2.24) is 0 Å². The van der Waals surface area contributed by atoms with Crippen LogP contribution in [0.25, 0.3) is 0 Å². The van der Waals surface area contributed by atoms with Crippen molar-refractivity contribution in [3.63, 3.8) is 0 Å². The summed E-state index contributed by atoms with van der Waals surface area (Å²) in [6.45, 7) is 3.72. The van der Waals surface area contributed by atoms with Crippen LogP contribution < -0.4 is 0 Å². The summed E-state index contributed by atoms with van der Waals surface area (Å²) in [5, 5.41) is -0.791. The van der Waals surface area contributed by atoms with Crippen LogP contribution in [-0.4, -0.2) is 32.1 Å². The molecule has 1 aromatic carbocycles. The number of alkyl halides is 1. The van der Waals surface area contributed by atoms with E-state index in [2.05, 4.69) is 0 Å². The zero-order chi connectivity index (χ0) is 15.9. The van der Waals surface area contributed by atoms with Crippen molar-refractivity contribution in [1.29, 1.82) is 0 Å². The van der Waals surface area contributed by atoms with E-state index in [1.54, 1.807) is 50.3 Å². The fourth-order valence-electron chi connectivity index (χ4n) is 1.66. The van der Waals surface area contributed by atoms with E-state index in [9.17, 15) is 13.2 Å². The summed E-state index contributed by atoms with van der Waals surface area (Å²) in [6, 6.07) is 8.23. The molecule has 0 unspecified atom stereocenters. The van der Waals surface area contributed by atoms with Gasteiger partial charge < -0.3 is 4.74 Å². The molecule has 0 saturated heterocycles. The van der Waals surface area contributed by atoms with Gasteiger partial charge in [0.1, 0.15) is 5.38 Å². The standard InChI is InChI=1S/C15H19ClO4S/c1-3-20-15(17)14(16)11-12(2)9-10-21(18,19)13-7-5-4-6-8-13/h4-9,14H,3,10-11H2,1-2H3/b12-9+/t14-/m1/s1. The highest BCUT2D eigenvalue weighted by atomic mass is 35.5. The van der Waals surface area contributed by atoms with Crippen LogP contribution in [-0.2, 0) is 19.4 Å². The van der Waals surface area contributed by atoms with E-state index in [0.717, 1.165) is 5.57 Å². The van der Waals surface area contributed by atoms with Crippen LogP contribution in [0.15, 0.2) is 46.9 Å². The highest BCUT2D eigenvalue weighted by Gasteiger charge is 2.17. The van der Waals surface area contributed by atoms with E-state index < -0.39 is 21.2 Å². The van der Waals surface area contributed by atoms with Gasteiger partial charge in [0.05, 0.1) is 17.3 Å². The molecule has 0 aliphatic carbocycles. The number of hydrogen-bond acceptors (Lipinski definition) is 4. The Hall–Kier alpha value is -1.33. The molecule has 0 heterocycles. The third-order valence-electron chi connectivity index (χ3n) is 2.80. The minimum Gasteiger partial charge on any atom is -0.465 e. The van der Waals surface area contributed by atoms with Crippen LogP contribution in [0.1, 0.15) is 20.3 Å². The lowest BCUT2D eigenvalue weighted by atomic mass is 10.1. The first kappa shape index (κ1) is 17.7. The highest BCUT2D eigenvalue weighted by molar-refractivity contribution is 7.91. The highest BCUT2D eigenvalue weighted by Crippen LogP contribution is 2.15. The number of benzene rings is 1. The molecule has 1 rings (SSSR count). The number of carbonyl (C=O) groups is 1. The summed E-state index contributed by atoms with van der Waals surface area (Å²) < 4.78 is 29.0. The lowest BCUT2D eigenvalue weighted by Crippen LogP contribution is -2.18. The predicted octanol–water partition coefficient (Wildman–Crippen LogP) is 2.97. The Morgan fingerprint density at radius 2 is 1.95 bits per heavy atom. The number of sulfone groups is 1. The number of carbonyl (C=O) groups excluding carboxylic acids is 1. The molecule has 0 fully saturated rings. The minimum absolute atomic E-state index is 0.116. The molecule has 0 aliphatic rings. The zero-order valence-electron chi connectivity index (χ0n) is 12.1. The van der Waals surface area contributed by atoms with Gasteiger partial charge in [-0.2, -0.15) is 0 Å². The Morgan fingerprint density at radius 1 is 1.33 bits per heavy atom. The van der Waals surface area contributed by atoms with Gasteiger partial charge in [0.25, 0.3) is 0 Å². The number of halogens is 1. The van der Waals surface area contributed by atoms with Crippen LogP contribution in [0.5, 0.6) is 0 Å². The Bertz CT molecular complexity index is 593. The molecule has 21 heavy (non-hydrogen) atoms. The van der Waals surface area contributed by atoms with Crippen molar-refractivity contribution in [2.24, 2.45) is 0 Å². The maximum atomic E-state index is 12.1. The molecule has 0 aliphatic heterocycles. The van der Waals surface area contributed by atoms with Crippen LogP contribution in [0.2, 0.25) is 0 Å². The van der Waals surface area contributed by atoms with Gasteiger partial charge in [0, 0.05) is 0 Å². The third kappa shape index (κ3) is 5.89. The number of esters is 1. The zero-order valence-corrected chi connectivity index (χ0v) is 13.7. The second-order valence-corrected chi connectivity index (χ2v) is 7.13.